The highest BCUT2D eigenvalue weighted by Gasteiger charge is 2.41. The van der Waals surface area contributed by atoms with Gasteiger partial charge in [0.1, 0.15) is 12.0 Å². The van der Waals surface area contributed by atoms with Gasteiger partial charge in [0.25, 0.3) is 0 Å². The standard InChI is InChI=1S/C22H27FN6O/c1-15(2)13-29-8-6-22(23,7-9-29)20(30)11-17-10-19-16(12-24-17)4-5-18(26-19)21-27-25-14-28(21)3/h4-5,10,12,14-15H,6-9,11,13H2,1-3H3. The zero-order valence-electron chi connectivity index (χ0n) is 17.7. The van der Waals surface area contributed by atoms with E-state index in [9.17, 15) is 4.79 Å². The number of piperidine rings is 1. The summed E-state index contributed by atoms with van der Waals surface area (Å²) >= 11 is 0. The number of Topliss-reactive ketones (excluding diaryl/α,β-unsaturated/α-hetero) is 1. The molecule has 3 aromatic rings. The Morgan fingerprint density at radius 2 is 2.03 bits per heavy atom. The molecule has 1 saturated heterocycles. The van der Waals surface area contributed by atoms with Gasteiger partial charge in [-0.25, -0.2) is 9.37 Å². The number of aryl methyl sites for hydroxylation is 1. The first-order chi connectivity index (χ1) is 14.3. The molecule has 0 bridgehead atoms. The van der Waals surface area contributed by atoms with Crippen molar-refractivity contribution >= 4 is 16.7 Å². The van der Waals surface area contributed by atoms with E-state index in [-0.39, 0.29) is 25.0 Å². The van der Waals surface area contributed by atoms with Crippen LogP contribution in [-0.2, 0) is 18.3 Å². The molecule has 0 radical (unpaired) electrons. The van der Waals surface area contributed by atoms with Crippen LogP contribution in [0.3, 0.4) is 0 Å². The van der Waals surface area contributed by atoms with Crippen LogP contribution in [0.5, 0.6) is 0 Å². The number of likely N-dealkylation sites (tertiary alicyclic amines) is 1. The van der Waals surface area contributed by atoms with E-state index >= 15 is 4.39 Å². The number of carbonyl (C=O) groups excluding carboxylic acids is 1. The second-order valence-electron chi connectivity index (χ2n) is 8.59. The lowest BCUT2D eigenvalue weighted by molar-refractivity contribution is -0.133. The fourth-order valence-corrected chi connectivity index (χ4v) is 4.00. The van der Waals surface area contributed by atoms with E-state index in [1.54, 1.807) is 23.2 Å². The van der Waals surface area contributed by atoms with Gasteiger partial charge in [-0.3, -0.25) is 9.78 Å². The molecule has 7 nitrogen and oxygen atoms in total. The Labute approximate surface area is 175 Å². The Hall–Kier alpha value is -2.74. The van der Waals surface area contributed by atoms with Crippen LogP contribution in [0, 0.1) is 5.92 Å². The van der Waals surface area contributed by atoms with E-state index in [2.05, 4.69) is 38.9 Å². The molecule has 3 aromatic heterocycles. The minimum atomic E-state index is -1.77. The predicted molar refractivity (Wildman–Crippen MR) is 113 cm³/mol. The minimum absolute atomic E-state index is 0.0213. The SMILES string of the molecule is CC(C)CN1CCC(F)(C(=O)Cc2cc3nc(-c4nncn4C)ccc3cn2)CC1. The molecule has 1 fully saturated rings. The number of alkyl halides is 1. The van der Waals surface area contributed by atoms with Crippen molar-refractivity contribution in [2.45, 2.75) is 38.8 Å². The quantitative estimate of drug-likeness (QED) is 0.622. The molecule has 0 aromatic carbocycles. The first-order valence-corrected chi connectivity index (χ1v) is 10.4. The second kappa shape index (κ2) is 8.18. The number of nitrogens with zero attached hydrogens (tertiary/aromatic N) is 6. The lowest BCUT2D eigenvalue weighted by atomic mass is 9.86. The summed E-state index contributed by atoms with van der Waals surface area (Å²) in [6.45, 7) is 6.48. The molecule has 4 heterocycles. The molecule has 158 valence electrons. The van der Waals surface area contributed by atoms with E-state index in [1.165, 1.54) is 0 Å². The van der Waals surface area contributed by atoms with Crippen molar-refractivity contribution in [3.63, 3.8) is 0 Å². The third-order valence-electron chi connectivity index (χ3n) is 5.68. The van der Waals surface area contributed by atoms with Gasteiger partial charge in [-0.1, -0.05) is 13.8 Å². The van der Waals surface area contributed by atoms with Crippen LogP contribution >= 0.6 is 0 Å². The number of hydrogen-bond donors (Lipinski definition) is 0. The molecule has 1 aliphatic heterocycles. The number of pyridine rings is 2. The van der Waals surface area contributed by atoms with Gasteiger partial charge in [-0.05, 0) is 24.1 Å². The normalized spacial score (nSPS) is 17.0. The number of carbonyl (C=O) groups is 1. The molecule has 8 heteroatoms. The molecule has 1 aliphatic rings. The van der Waals surface area contributed by atoms with Gasteiger partial charge in [0.15, 0.2) is 17.3 Å². The fourth-order valence-electron chi connectivity index (χ4n) is 4.00. The number of hydrogen-bond acceptors (Lipinski definition) is 6. The lowest BCUT2D eigenvalue weighted by Crippen LogP contribution is -2.47. The molecule has 0 N–H and O–H groups in total. The van der Waals surface area contributed by atoms with Crippen LogP contribution in [0.15, 0.2) is 30.7 Å². The topological polar surface area (TPSA) is 76.8 Å². The van der Waals surface area contributed by atoms with Crippen LogP contribution < -0.4 is 0 Å². The number of fused-ring (bicyclic) bond motifs is 1. The number of aromatic nitrogens is 5. The highest BCUT2D eigenvalue weighted by molar-refractivity contribution is 5.90. The monoisotopic (exact) mass is 410 g/mol. The average molecular weight is 410 g/mol. The molecule has 0 aliphatic carbocycles. The van der Waals surface area contributed by atoms with Crippen molar-refractivity contribution in [1.82, 2.24) is 29.6 Å². The highest BCUT2D eigenvalue weighted by atomic mass is 19.1. The van der Waals surface area contributed by atoms with E-state index in [0.717, 1.165) is 11.9 Å². The third kappa shape index (κ3) is 4.23. The van der Waals surface area contributed by atoms with Crippen molar-refractivity contribution in [1.29, 1.82) is 0 Å². The third-order valence-corrected chi connectivity index (χ3v) is 5.68. The lowest BCUT2D eigenvalue weighted by Gasteiger charge is -2.36. The van der Waals surface area contributed by atoms with Crippen LogP contribution in [-0.4, -0.2) is 60.7 Å². The summed E-state index contributed by atoms with van der Waals surface area (Å²) in [4.78, 5) is 24.0. The van der Waals surface area contributed by atoms with Crippen LogP contribution in [0.25, 0.3) is 22.4 Å². The fraction of sp³-hybridized carbons (Fsp3) is 0.500. The molecular formula is C22H27FN6O. The summed E-state index contributed by atoms with van der Waals surface area (Å²) in [6.07, 6.45) is 3.78. The van der Waals surface area contributed by atoms with Crippen LogP contribution in [0.1, 0.15) is 32.4 Å². The largest absolute Gasteiger partial charge is 0.315 e. The Bertz CT molecular complexity index is 1050. The smallest absolute Gasteiger partial charge is 0.182 e. The zero-order valence-corrected chi connectivity index (χ0v) is 17.7. The number of ketones is 1. The summed E-state index contributed by atoms with van der Waals surface area (Å²) in [5.41, 5.74) is 0.160. The first kappa shape index (κ1) is 20.5. The number of halogens is 1. The molecule has 0 saturated carbocycles. The molecule has 0 atom stereocenters. The van der Waals surface area contributed by atoms with Crippen molar-refractivity contribution < 1.29 is 9.18 Å². The highest BCUT2D eigenvalue weighted by Crippen LogP contribution is 2.29. The summed E-state index contributed by atoms with van der Waals surface area (Å²) in [5, 5.41) is 8.83. The van der Waals surface area contributed by atoms with Gasteiger partial charge in [0.2, 0.25) is 0 Å². The summed E-state index contributed by atoms with van der Waals surface area (Å²) < 4.78 is 17.1. The van der Waals surface area contributed by atoms with Gasteiger partial charge in [-0.2, -0.15) is 0 Å². The van der Waals surface area contributed by atoms with Gasteiger partial charge < -0.3 is 9.47 Å². The molecule has 4 rings (SSSR count). The Morgan fingerprint density at radius 3 is 2.70 bits per heavy atom. The minimum Gasteiger partial charge on any atom is -0.315 e. The van der Waals surface area contributed by atoms with Crippen LogP contribution in [0.2, 0.25) is 0 Å². The van der Waals surface area contributed by atoms with Crippen LogP contribution in [0.4, 0.5) is 4.39 Å². The number of rotatable bonds is 6. The summed E-state index contributed by atoms with van der Waals surface area (Å²) in [6, 6.07) is 5.54. The average Bonchev–Trinajstić information content (AvgIpc) is 3.15. The van der Waals surface area contributed by atoms with E-state index < -0.39 is 5.67 Å². The maximum atomic E-state index is 15.3. The summed E-state index contributed by atoms with van der Waals surface area (Å²) in [5.74, 6) is 0.804. The maximum absolute atomic E-state index is 15.3. The van der Waals surface area contributed by atoms with Crippen molar-refractivity contribution in [2.75, 3.05) is 19.6 Å². The first-order valence-electron chi connectivity index (χ1n) is 10.4. The van der Waals surface area contributed by atoms with Crippen molar-refractivity contribution in [3.8, 4) is 11.5 Å². The molecule has 0 unspecified atom stereocenters. The van der Waals surface area contributed by atoms with Gasteiger partial charge in [0, 0.05) is 51.1 Å². The summed E-state index contributed by atoms with van der Waals surface area (Å²) in [7, 11) is 1.85. The Kier molecular flexibility index (Phi) is 5.60. The van der Waals surface area contributed by atoms with E-state index in [4.69, 9.17) is 0 Å². The van der Waals surface area contributed by atoms with Crippen molar-refractivity contribution in [3.05, 3.63) is 36.4 Å². The molecule has 0 amide bonds. The van der Waals surface area contributed by atoms with E-state index in [1.807, 2.05) is 19.2 Å². The van der Waals surface area contributed by atoms with E-state index in [0.29, 0.717) is 41.7 Å². The van der Waals surface area contributed by atoms with Crippen molar-refractivity contribution in [2.24, 2.45) is 13.0 Å². The van der Waals surface area contributed by atoms with Gasteiger partial charge in [-0.15, -0.1) is 10.2 Å². The zero-order chi connectivity index (χ0) is 21.3. The van der Waals surface area contributed by atoms with Gasteiger partial charge in [0.05, 0.1) is 17.6 Å². The molecule has 30 heavy (non-hydrogen) atoms. The Balaban J connectivity index is 1.49. The molecular weight excluding hydrogens is 383 g/mol. The van der Waals surface area contributed by atoms with Gasteiger partial charge >= 0.3 is 0 Å². The molecule has 0 spiro atoms. The Morgan fingerprint density at radius 1 is 1.27 bits per heavy atom. The predicted octanol–water partition coefficient (Wildman–Crippen LogP) is 3.00. The maximum Gasteiger partial charge on any atom is 0.182 e. The second-order valence-corrected chi connectivity index (χ2v) is 8.59.